The fourth-order valence-corrected chi connectivity index (χ4v) is 5.80. The molecule has 0 aliphatic carbocycles. The van der Waals surface area contributed by atoms with E-state index in [-0.39, 0.29) is 24.0 Å². The Labute approximate surface area is 231 Å². The minimum Gasteiger partial charge on any atom is -0.481 e. The summed E-state index contributed by atoms with van der Waals surface area (Å²) in [6, 6.07) is 22.2. The molecule has 4 nitrogen and oxygen atoms in total. The summed E-state index contributed by atoms with van der Waals surface area (Å²) in [4.78, 5) is 11.5. The third-order valence-electron chi connectivity index (χ3n) is 7.49. The van der Waals surface area contributed by atoms with E-state index >= 15 is 0 Å². The molecule has 5 heteroatoms. The van der Waals surface area contributed by atoms with Crippen LogP contribution < -0.4 is 4.74 Å². The van der Waals surface area contributed by atoms with Crippen LogP contribution in [-0.4, -0.2) is 23.8 Å². The number of aliphatic carboxylic acids is 1. The van der Waals surface area contributed by atoms with Crippen LogP contribution in [-0.2, 0) is 9.53 Å². The second-order valence-corrected chi connectivity index (χ2v) is 10.8. The number of carboxylic acid groups (broad SMARTS) is 1. The normalized spacial score (nSPS) is 21.2. The fourth-order valence-electron chi connectivity index (χ4n) is 5.61. The van der Waals surface area contributed by atoms with Crippen LogP contribution in [0.3, 0.4) is 0 Å². The highest BCUT2D eigenvalue weighted by molar-refractivity contribution is 6.30. The van der Waals surface area contributed by atoms with Crippen molar-refractivity contribution in [1.29, 1.82) is 0 Å². The lowest BCUT2D eigenvalue weighted by Crippen LogP contribution is -2.36. The average molecular weight is 533 g/mol. The molecule has 1 aliphatic heterocycles. The van der Waals surface area contributed by atoms with Crippen molar-refractivity contribution in [1.82, 2.24) is 0 Å². The largest absolute Gasteiger partial charge is 0.481 e. The van der Waals surface area contributed by atoms with E-state index in [1.54, 1.807) is 0 Å². The quantitative estimate of drug-likeness (QED) is 0.265. The summed E-state index contributed by atoms with van der Waals surface area (Å²) in [5, 5.41) is 10.1. The molecular weight excluding hydrogens is 496 g/mol. The third kappa shape index (κ3) is 6.48. The van der Waals surface area contributed by atoms with Crippen LogP contribution in [0.4, 0.5) is 0 Å². The first-order chi connectivity index (χ1) is 18.3. The van der Waals surface area contributed by atoms with E-state index < -0.39 is 12.6 Å². The van der Waals surface area contributed by atoms with Crippen molar-refractivity contribution in [2.24, 2.45) is 5.92 Å². The van der Waals surface area contributed by atoms with Gasteiger partial charge in [-0.2, -0.15) is 0 Å². The van der Waals surface area contributed by atoms with Gasteiger partial charge in [-0.1, -0.05) is 92.0 Å². The molecule has 1 heterocycles. The molecule has 1 saturated heterocycles. The van der Waals surface area contributed by atoms with E-state index in [9.17, 15) is 9.90 Å². The molecule has 0 saturated carbocycles. The van der Waals surface area contributed by atoms with Gasteiger partial charge in [-0.05, 0) is 67.1 Å². The number of benzene rings is 3. The Hall–Kier alpha value is -3.08. The van der Waals surface area contributed by atoms with Crippen LogP contribution in [0.1, 0.15) is 68.2 Å². The van der Waals surface area contributed by atoms with Gasteiger partial charge >= 0.3 is 5.97 Å². The summed E-state index contributed by atoms with van der Waals surface area (Å²) < 4.78 is 12.9. The number of aryl methyl sites for hydroxylation is 1. The van der Waals surface area contributed by atoms with Gasteiger partial charge in [-0.3, -0.25) is 0 Å². The van der Waals surface area contributed by atoms with Crippen LogP contribution in [0.25, 0.3) is 11.1 Å². The van der Waals surface area contributed by atoms with Crippen molar-refractivity contribution in [2.75, 3.05) is 6.61 Å². The Morgan fingerprint density at radius 3 is 2.53 bits per heavy atom. The second kappa shape index (κ2) is 12.6. The van der Waals surface area contributed by atoms with E-state index in [1.807, 2.05) is 61.5 Å². The summed E-state index contributed by atoms with van der Waals surface area (Å²) in [7, 11) is 0. The number of unbranched alkanes of at least 4 members (excludes halogenated alkanes) is 1. The highest BCUT2D eigenvalue weighted by Crippen LogP contribution is 2.50. The zero-order valence-electron chi connectivity index (χ0n) is 22.5. The van der Waals surface area contributed by atoms with Crippen molar-refractivity contribution in [3.8, 4) is 16.9 Å². The highest BCUT2D eigenvalue weighted by atomic mass is 35.5. The molecule has 0 amide bonds. The van der Waals surface area contributed by atoms with Crippen molar-refractivity contribution in [3.05, 3.63) is 101 Å². The van der Waals surface area contributed by atoms with Crippen LogP contribution in [0.2, 0.25) is 5.02 Å². The Balaban J connectivity index is 1.79. The first-order valence-corrected chi connectivity index (χ1v) is 13.8. The molecule has 38 heavy (non-hydrogen) atoms. The summed E-state index contributed by atoms with van der Waals surface area (Å²) in [5.41, 5.74) is 6.16. The first-order valence-electron chi connectivity index (χ1n) is 13.4. The summed E-state index contributed by atoms with van der Waals surface area (Å²) in [5.74, 6) is -0.240. The highest BCUT2D eigenvalue weighted by Gasteiger charge is 2.41. The van der Waals surface area contributed by atoms with Crippen molar-refractivity contribution >= 4 is 17.6 Å². The zero-order chi connectivity index (χ0) is 27.2. The van der Waals surface area contributed by atoms with Gasteiger partial charge in [0, 0.05) is 22.4 Å². The lowest BCUT2D eigenvalue weighted by molar-refractivity contribution is -0.139. The van der Waals surface area contributed by atoms with Gasteiger partial charge < -0.3 is 14.6 Å². The number of hydrogen-bond donors (Lipinski definition) is 1. The number of ether oxygens (including phenoxy) is 2. The maximum absolute atomic E-state index is 11.5. The van der Waals surface area contributed by atoms with Crippen LogP contribution >= 0.6 is 11.6 Å². The van der Waals surface area contributed by atoms with E-state index in [1.165, 1.54) is 5.56 Å². The molecule has 0 unspecified atom stereocenters. The standard InChI is InChI=1S/C33H37ClO4/c1-5-6-15-29-28(24-13-10-14-26(34)17-24)19-27(21(2)3)33(38-29)32-22(4)16-25(23-11-8-7-9-12-23)18-30(32)37-20-31(35)36/h7-14,16-18,27-29,33H,2,5-6,15,19-20H2,1,3-4H3,(H,35,36)/t27-,28-,29+,33+/m0/s1. The molecule has 1 N–H and O–H groups in total. The fraction of sp³-hybridized carbons (Fsp3) is 0.364. The number of hydrogen-bond acceptors (Lipinski definition) is 3. The Morgan fingerprint density at radius 2 is 1.87 bits per heavy atom. The molecule has 4 rings (SSSR count). The van der Waals surface area contributed by atoms with Gasteiger partial charge in [0.15, 0.2) is 6.61 Å². The Morgan fingerprint density at radius 1 is 1.11 bits per heavy atom. The van der Waals surface area contributed by atoms with Gasteiger partial charge in [0.1, 0.15) is 5.75 Å². The van der Waals surface area contributed by atoms with E-state index in [0.717, 1.165) is 58.5 Å². The Bertz CT molecular complexity index is 1270. The summed E-state index contributed by atoms with van der Waals surface area (Å²) >= 11 is 6.38. The smallest absolute Gasteiger partial charge is 0.341 e. The number of rotatable bonds is 10. The average Bonchev–Trinajstić information content (AvgIpc) is 2.90. The number of halogens is 1. The van der Waals surface area contributed by atoms with Gasteiger partial charge in [-0.25, -0.2) is 4.79 Å². The van der Waals surface area contributed by atoms with Crippen molar-refractivity contribution < 1.29 is 19.4 Å². The monoisotopic (exact) mass is 532 g/mol. The molecule has 0 bridgehead atoms. The molecule has 1 fully saturated rings. The van der Waals surface area contributed by atoms with Crippen molar-refractivity contribution in [3.63, 3.8) is 0 Å². The molecule has 0 spiro atoms. The lowest BCUT2D eigenvalue weighted by atomic mass is 9.74. The van der Waals surface area contributed by atoms with Gasteiger partial charge in [0.05, 0.1) is 12.2 Å². The second-order valence-electron chi connectivity index (χ2n) is 10.3. The molecule has 3 aromatic carbocycles. The predicted octanol–water partition coefficient (Wildman–Crippen LogP) is 8.78. The minimum atomic E-state index is -1.01. The first kappa shape index (κ1) is 27.9. The van der Waals surface area contributed by atoms with Gasteiger partial charge in [0.25, 0.3) is 0 Å². The van der Waals surface area contributed by atoms with E-state index in [0.29, 0.717) is 5.75 Å². The summed E-state index contributed by atoms with van der Waals surface area (Å²) in [6.07, 6.45) is 3.63. The molecule has 4 atom stereocenters. The van der Waals surface area contributed by atoms with E-state index in [4.69, 9.17) is 21.1 Å². The molecule has 0 radical (unpaired) electrons. The molecule has 3 aromatic rings. The summed E-state index contributed by atoms with van der Waals surface area (Å²) in [6.45, 7) is 10.2. The Kier molecular flexibility index (Phi) is 9.30. The third-order valence-corrected chi connectivity index (χ3v) is 7.72. The number of carbonyl (C=O) groups is 1. The molecular formula is C33H37ClO4. The molecule has 0 aromatic heterocycles. The molecule has 200 valence electrons. The number of carboxylic acids is 1. The van der Waals surface area contributed by atoms with Crippen molar-refractivity contribution in [2.45, 2.75) is 64.6 Å². The van der Waals surface area contributed by atoms with Gasteiger partial charge in [-0.15, -0.1) is 0 Å². The maximum Gasteiger partial charge on any atom is 0.341 e. The van der Waals surface area contributed by atoms with Crippen LogP contribution in [0, 0.1) is 12.8 Å². The molecule has 1 aliphatic rings. The zero-order valence-corrected chi connectivity index (χ0v) is 23.2. The maximum atomic E-state index is 11.5. The predicted molar refractivity (Wildman–Crippen MR) is 154 cm³/mol. The van der Waals surface area contributed by atoms with E-state index in [2.05, 4.69) is 32.6 Å². The van der Waals surface area contributed by atoms with Gasteiger partial charge in [0.2, 0.25) is 0 Å². The lowest BCUT2D eigenvalue weighted by Gasteiger charge is -2.43. The topological polar surface area (TPSA) is 55.8 Å². The minimum absolute atomic E-state index is 0.00506. The van der Waals surface area contributed by atoms with Crippen LogP contribution in [0.5, 0.6) is 5.75 Å². The van der Waals surface area contributed by atoms with Crippen LogP contribution in [0.15, 0.2) is 78.9 Å². The SMILES string of the molecule is C=C(C)[C@@H]1C[C@@H](c2cccc(Cl)c2)[C@@H](CCCC)O[C@H]1c1c(C)cc(-c2ccccc2)cc1OCC(=O)O.